The number of carbonyl (C=O) groups is 2. The van der Waals surface area contributed by atoms with Crippen molar-refractivity contribution in [3.05, 3.63) is 52.3 Å². The van der Waals surface area contributed by atoms with E-state index in [-0.39, 0.29) is 5.91 Å². The molecule has 2 aromatic rings. The van der Waals surface area contributed by atoms with Crippen molar-refractivity contribution in [1.29, 1.82) is 0 Å². The van der Waals surface area contributed by atoms with Crippen LogP contribution < -0.4 is 0 Å². The maximum absolute atomic E-state index is 12.5. The smallest absolute Gasteiger partial charge is 0.337 e. The molecule has 0 aliphatic heterocycles. The monoisotopic (exact) mass is 335 g/mol. The van der Waals surface area contributed by atoms with E-state index in [1.165, 1.54) is 7.11 Å². The summed E-state index contributed by atoms with van der Waals surface area (Å²) < 4.78 is 6.39. The molecule has 0 fully saturated rings. The normalized spacial score (nSPS) is 10.4. The summed E-state index contributed by atoms with van der Waals surface area (Å²) in [5.41, 5.74) is 1.67. The first-order chi connectivity index (χ1) is 11.0. The summed E-state index contributed by atoms with van der Waals surface area (Å²) in [7, 11) is 3.01. The maximum atomic E-state index is 12.5. The Hall–Kier alpha value is -2.34. The van der Waals surface area contributed by atoms with Crippen LogP contribution in [0.4, 0.5) is 0 Å². The van der Waals surface area contributed by atoms with E-state index < -0.39 is 5.97 Å². The Morgan fingerprint density at radius 2 is 1.87 bits per heavy atom. The molecule has 2 rings (SSSR count). The average Bonchev–Trinajstić information content (AvgIpc) is 2.93. The molecule has 1 amide bonds. The van der Waals surface area contributed by atoms with E-state index in [1.807, 2.05) is 6.92 Å². The quantitative estimate of drug-likeness (QED) is 0.788. The fourth-order valence-electron chi connectivity index (χ4n) is 2.20. The Kier molecular flexibility index (Phi) is 5.39. The predicted molar refractivity (Wildman–Crippen MR) is 86.5 cm³/mol. The van der Waals surface area contributed by atoms with Crippen molar-refractivity contribution in [1.82, 2.24) is 14.7 Å². The number of amides is 1. The van der Waals surface area contributed by atoms with Gasteiger partial charge < -0.3 is 9.64 Å². The number of aryl methyl sites for hydroxylation is 1. The number of hydrogen-bond donors (Lipinski definition) is 0. The molecule has 0 spiro atoms. The first-order valence-electron chi connectivity index (χ1n) is 7.12. The largest absolute Gasteiger partial charge is 0.465 e. The van der Waals surface area contributed by atoms with Gasteiger partial charge in [-0.05, 0) is 31.2 Å². The highest BCUT2D eigenvalue weighted by Gasteiger charge is 2.17. The standard InChI is InChI=1S/C16H18ClN3O3/c1-4-20-14(13(17)9-18-20)10-19(2)15(21)11-5-7-12(8-6-11)16(22)23-3/h5-9H,4,10H2,1-3H3. The third kappa shape index (κ3) is 3.71. The molecule has 1 heterocycles. The number of aromatic nitrogens is 2. The molecule has 0 radical (unpaired) electrons. The van der Waals surface area contributed by atoms with Crippen LogP contribution >= 0.6 is 11.6 Å². The highest BCUT2D eigenvalue weighted by atomic mass is 35.5. The van der Waals surface area contributed by atoms with Gasteiger partial charge in [-0.1, -0.05) is 11.6 Å². The topological polar surface area (TPSA) is 64.4 Å². The number of nitrogens with zero attached hydrogens (tertiary/aromatic N) is 3. The first kappa shape index (κ1) is 17.0. The lowest BCUT2D eigenvalue weighted by Gasteiger charge is -2.18. The van der Waals surface area contributed by atoms with Crippen molar-refractivity contribution in [2.24, 2.45) is 0 Å². The number of esters is 1. The van der Waals surface area contributed by atoms with Crippen LogP contribution in [0.25, 0.3) is 0 Å². The van der Waals surface area contributed by atoms with E-state index in [0.29, 0.717) is 29.2 Å². The maximum Gasteiger partial charge on any atom is 0.337 e. The molecule has 0 aliphatic rings. The van der Waals surface area contributed by atoms with Gasteiger partial charge in [0.1, 0.15) is 0 Å². The Morgan fingerprint density at radius 3 is 2.43 bits per heavy atom. The van der Waals surface area contributed by atoms with Gasteiger partial charge in [-0.3, -0.25) is 9.48 Å². The first-order valence-corrected chi connectivity index (χ1v) is 7.49. The third-order valence-electron chi connectivity index (χ3n) is 3.48. The van der Waals surface area contributed by atoms with Crippen molar-refractivity contribution < 1.29 is 14.3 Å². The second-order valence-electron chi connectivity index (χ2n) is 4.99. The summed E-state index contributed by atoms with van der Waals surface area (Å²) in [4.78, 5) is 25.4. The Bertz CT molecular complexity index is 710. The van der Waals surface area contributed by atoms with Gasteiger partial charge in [-0.2, -0.15) is 5.10 Å². The van der Waals surface area contributed by atoms with Gasteiger partial charge in [0.25, 0.3) is 5.91 Å². The average molecular weight is 336 g/mol. The molecule has 1 aromatic carbocycles. The van der Waals surface area contributed by atoms with Gasteiger partial charge >= 0.3 is 5.97 Å². The molecule has 6 nitrogen and oxygen atoms in total. The Morgan fingerprint density at radius 1 is 1.26 bits per heavy atom. The summed E-state index contributed by atoms with van der Waals surface area (Å²) in [5, 5.41) is 4.69. The van der Waals surface area contributed by atoms with Gasteiger partial charge in [0.05, 0.1) is 36.1 Å². The predicted octanol–water partition coefficient (Wildman–Crippen LogP) is 2.62. The molecule has 0 aliphatic carbocycles. The second kappa shape index (κ2) is 7.28. The van der Waals surface area contributed by atoms with E-state index in [2.05, 4.69) is 9.84 Å². The minimum Gasteiger partial charge on any atom is -0.465 e. The number of hydrogen-bond acceptors (Lipinski definition) is 4. The lowest BCUT2D eigenvalue weighted by atomic mass is 10.1. The van der Waals surface area contributed by atoms with Gasteiger partial charge in [-0.15, -0.1) is 0 Å². The summed E-state index contributed by atoms with van der Waals surface area (Å²) >= 11 is 6.12. The zero-order valence-electron chi connectivity index (χ0n) is 13.2. The van der Waals surface area contributed by atoms with Crippen molar-refractivity contribution in [3.8, 4) is 0 Å². The SMILES string of the molecule is CCn1ncc(Cl)c1CN(C)C(=O)c1ccc(C(=O)OC)cc1. The summed E-state index contributed by atoms with van der Waals surface area (Å²) in [6, 6.07) is 6.33. The van der Waals surface area contributed by atoms with E-state index in [1.54, 1.807) is 47.1 Å². The van der Waals surface area contributed by atoms with Gasteiger partial charge in [0.15, 0.2) is 0 Å². The molecule has 23 heavy (non-hydrogen) atoms. The molecular weight excluding hydrogens is 318 g/mol. The van der Waals surface area contributed by atoms with Crippen LogP contribution in [0.2, 0.25) is 5.02 Å². The number of benzene rings is 1. The molecule has 0 unspecified atom stereocenters. The number of carbonyl (C=O) groups excluding carboxylic acids is 2. The van der Waals surface area contributed by atoms with Crippen LogP contribution in [-0.2, 0) is 17.8 Å². The van der Waals surface area contributed by atoms with Crippen LogP contribution in [0.5, 0.6) is 0 Å². The number of methoxy groups -OCH3 is 1. The van der Waals surface area contributed by atoms with E-state index in [4.69, 9.17) is 11.6 Å². The fourth-order valence-corrected chi connectivity index (χ4v) is 2.40. The van der Waals surface area contributed by atoms with E-state index >= 15 is 0 Å². The highest BCUT2D eigenvalue weighted by Crippen LogP contribution is 2.18. The van der Waals surface area contributed by atoms with Gasteiger partial charge in [-0.25, -0.2) is 4.79 Å². The highest BCUT2D eigenvalue weighted by molar-refractivity contribution is 6.31. The second-order valence-corrected chi connectivity index (χ2v) is 5.39. The van der Waals surface area contributed by atoms with Crippen molar-refractivity contribution in [2.45, 2.75) is 20.0 Å². The van der Waals surface area contributed by atoms with Crippen LogP contribution in [0, 0.1) is 0 Å². The van der Waals surface area contributed by atoms with Crippen molar-refractivity contribution in [3.63, 3.8) is 0 Å². The van der Waals surface area contributed by atoms with Crippen molar-refractivity contribution >= 4 is 23.5 Å². The lowest BCUT2D eigenvalue weighted by molar-refractivity contribution is 0.0600. The zero-order valence-corrected chi connectivity index (χ0v) is 14.0. The van der Waals surface area contributed by atoms with E-state index in [9.17, 15) is 9.59 Å². The molecule has 122 valence electrons. The molecule has 0 N–H and O–H groups in total. The fraction of sp³-hybridized carbons (Fsp3) is 0.312. The molecule has 0 atom stereocenters. The van der Waals surface area contributed by atoms with Crippen molar-refractivity contribution in [2.75, 3.05) is 14.2 Å². The van der Waals surface area contributed by atoms with Crippen LogP contribution in [0.1, 0.15) is 33.3 Å². The lowest BCUT2D eigenvalue weighted by Crippen LogP contribution is -2.27. The molecule has 0 bridgehead atoms. The zero-order chi connectivity index (χ0) is 17.0. The molecular formula is C16H18ClN3O3. The summed E-state index contributed by atoms with van der Waals surface area (Å²) in [5.74, 6) is -0.600. The molecule has 0 saturated carbocycles. The third-order valence-corrected chi connectivity index (χ3v) is 3.80. The number of halogens is 1. The number of ether oxygens (including phenoxy) is 1. The Balaban J connectivity index is 2.13. The molecule has 1 aromatic heterocycles. The van der Waals surface area contributed by atoms with E-state index in [0.717, 1.165) is 5.69 Å². The minimum absolute atomic E-state index is 0.165. The van der Waals surface area contributed by atoms with Gasteiger partial charge in [0.2, 0.25) is 0 Å². The van der Waals surface area contributed by atoms with Crippen LogP contribution in [-0.4, -0.2) is 40.7 Å². The summed E-state index contributed by atoms with van der Waals surface area (Å²) in [6.45, 7) is 2.99. The minimum atomic E-state index is -0.434. The molecule has 7 heteroatoms. The Labute approximate surface area is 139 Å². The van der Waals surface area contributed by atoms with Gasteiger partial charge in [0, 0.05) is 19.2 Å². The number of rotatable bonds is 5. The summed E-state index contributed by atoms with van der Waals surface area (Å²) in [6.07, 6.45) is 1.57. The molecule has 0 saturated heterocycles. The van der Waals surface area contributed by atoms with Crippen LogP contribution in [0.3, 0.4) is 0 Å². The van der Waals surface area contributed by atoms with Crippen LogP contribution in [0.15, 0.2) is 30.5 Å².